The third-order valence-corrected chi connectivity index (χ3v) is 4.57. The summed E-state index contributed by atoms with van der Waals surface area (Å²) >= 11 is 6.09. The summed E-state index contributed by atoms with van der Waals surface area (Å²) in [6.07, 6.45) is 0. The zero-order valence-corrected chi connectivity index (χ0v) is 12.7. The van der Waals surface area contributed by atoms with Crippen molar-refractivity contribution in [1.29, 1.82) is 0 Å². The maximum absolute atomic E-state index is 12.5. The van der Waals surface area contributed by atoms with Crippen molar-refractivity contribution in [2.75, 3.05) is 12.3 Å². The Kier molecular flexibility index (Phi) is 5.04. The van der Waals surface area contributed by atoms with Crippen LogP contribution >= 0.6 is 11.6 Å². The van der Waals surface area contributed by atoms with E-state index in [-0.39, 0.29) is 0 Å². The van der Waals surface area contributed by atoms with Crippen LogP contribution in [0.5, 0.6) is 5.75 Å². The molecule has 0 bridgehead atoms. The van der Waals surface area contributed by atoms with Gasteiger partial charge in [0.05, 0.1) is 28.1 Å². The molecule has 0 saturated heterocycles. The number of nitrogen functional groups attached to an aromatic ring is 1. The van der Waals surface area contributed by atoms with Gasteiger partial charge < -0.3 is 10.5 Å². The van der Waals surface area contributed by atoms with E-state index < -0.39 is 10.8 Å². The summed E-state index contributed by atoms with van der Waals surface area (Å²) in [5.74, 6) is 1.00. The molecule has 0 spiro atoms. The summed E-state index contributed by atoms with van der Waals surface area (Å²) < 4.78 is 17.9. The Morgan fingerprint density at radius 3 is 2.70 bits per heavy atom. The van der Waals surface area contributed by atoms with E-state index in [1.807, 2.05) is 25.1 Å². The standard InChI is InChI=1S/C15H16ClNO2S/c1-2-19-12-7-8-14(17)15(9-12)20(18)10-11-5-3-4-6-13(11)16/h3-9H,2,10,17H2,1H3. The van der Waals surface area contributed by atoms with Crippen LogP contribution in [0.2, 0.25) is 5.02 Å². The summed E-state index contributed by atoms with van der Waals surface area (Å²) in [6, 6.07) is 12.6. The van der Waals surface area contributed by atoms with E-state index in [0.717, 1.165) is 5.56 Å². The molecule has 0 aromatic heterocycles. The molecular formula is C15H16ClNO2S. The smallest absolute Gasteiger partial charge is 0.120 e. The topological polar surface area (TPSA) is 52.3 Å². The Morgan fingerprint density at radius 1 is 1.25 bits per heavy atom. The normalized spacial score (nSPS) is 12.1. The number of halogens is 1. The molecule has 0 radical (unpaired) electrons. The first-order valence-electron chi connectivity index (χ1n) is 6.26. The molecule has 2 N–H and O–H groups in total. The van der Waals surface area contributed by atoms with E-state index in [0.29, 0.717) is 33.7 Å². The van der Waals surface area contributed by atoms with Crippen molar-refractivity contribution >= 4 is 28.1 Å². The summed E-state index contributed by atoms with van der Waals surface area (Å²) in [6.45, 7) is 2.46. The molecule has 1 atom stereocenters. The average Bonchev–Trinajstić information content (AvgIpc) is 2.43. The van der Waals surface area contributed by atoms with Crippen molar-refractivity contribution in [2.24, 2.45) is 0 Å². The fourth-order valence-electron chi connectivity index (χ4n) is 1.80. The maximum atomic E-state index is 12.5. The van der Waals surface area contributed by atoms with E-state index >= 15 is 0 Å². The molecule has 2 rings (SSSR count). The minimum atomic E-state index is -1.26. The van der Waals surface area contributed by atoms with E-state index in [1.54, 1.807) is 24.3 Å². The Balaban J connectivity index is 2.25. The summed E-state index contributed by atoms with van der Waals surface area (Å²) in [4.78, 5) is 0.580. The molecule has 0 saturated carbocycles. The van der Waals surface area contributed by atoms with Gasteiger partial charge in [0.2, 0.25) is 0 Å². The monoisotopic (exact) mass is 309 g/mol. The largest absolute Gasteiger partial charge is 0.494 e. The van der Waals surface area contributed by atoms with Gasteiger partial charge in [0.25, 0.3) is 0 Å². The van der Waals surface area contributed by atoms with Crippen LogP contribution in [0.1, 0.15) is 12.5 Å². The van der Waals surface area contributed by atoms with Gasteiger partial charge in [0.15, 0.2) is 0 Å². The van der Waals surface area contributed by atoms with Gasteiger partial charge in [-0.15, -0.1) is 0 Å². The fourth-order valence-corrected chi connectivity index (χ4v) is 3.35. The number of ether oxygens (including phenoxy) is 1. The number of nitrogens with two attached hydrogens (primary N) is 1. The highest BCUT2D eigenvalue weighted by Crippen LogP contribution is 2.26. The zero-order chi connectivity index (χ0) is 14.5. The Labute approximate surface area is 126 Å². The van der Waals surface area contributed by atoms with Gasteiger partial charge in [-0.25, -0.2) is 0 Å². The molecule has 2 aromatic rings. The van der Waals surface area contributed by atoms with Gasteiger partial charge >= 0.3 is 0 Å². The first-order valence-corrected chi connectivity index (χ1v) is 7.95. The highest BCUT2D eigenvalue weighted by Gasteiger charge is 2.12. The predicted octanol–water partition coefficient (Wildman–Crippen LogP) is 3.63. The molecule has 0 heterocycles. The lowest BCUT2D eigenvalue weighted by Crippen LogP contribution is -2.02. The molecule has 2 aromatic carbocycles. The third-order valence-electron chi connectivity index (χ3n) is 2.79. The second-order valence-electron chi connectivity index (χ2n) is 4.21. The van der Waals surface area contributed by atoms with Gasteiger partial charge in [0.1, 0.15) is 5.75 Å². The molecule has 0 fully saturated rings. The number of benzene rings is 2. The number of hydrogen-bond donors (Lipinski definition) is 1. The SMILES string of the molecule is CCOc1ccc(N)c(S(=O)Cc2ccccc2Cl)c1. The van der Waals surface area contributed by atoms with Crippen LogP contribution < -0.4 is 10.5 Å². The van der Waals surface area contributed by atoms with Crippen molar-refractivity contribution in [3.8, 4) is 5.75 Å². The van der Waals surface area contributed by atoms with E-state index in [9.17, 15) is 4.21 Å². The molecule has 0 amide bonds. The third kappa shape index (κ3) is 3.52. The average molecular weight is 310 g/mol. The number of hydrogen-bond acceptors (Lipinski definition) is 3. The minimum absolute atomic E-state index is 0.333. The molecule has 5 heteroatoms. The van der Waals surface area contributed by atoms with Crippen molar-refractivity contribution in [1.82, 2.24) is 0 Å². The Hall–Kier alpha value is -1.52. The van der Waals surface area contributed by atoms with E-state index in [4.69, 9.17) is 22.1 Å². The van der Waals surface area contributed by atoms with Crippen LogP contribution in [0.25, 0.3) is 0 Å². The molecule has 0 aliphatic heterocycles. The fraction of sp³-hybridized carbons (Fsp3) is 0.200. The van der Waals surface area contributed by atoms with Crippen molar-refractivity contribution in [2.45, 2.75) is 17.6 Å². The van der Waals surface area contributed by atoms with Gasteiger partial charge in [-0.3, -0.25) is 4.21 Å². The van der Waals surface area contributed by atoms with Gasteiger partial charge in [0, 0.05) is 10.7 Å². The number of anilines is 1. The van der Waals surface area contributed by atoms with Crippen LogP contribution in [-0.2, 0) is 16.6 Å². The second-order valence-corrected chi connectivity index (χ2v) is 6.04. The Morgan fingerprint density at radius 2 is 2.00 bits per heavy atom. The molecule has 3 nitrogen and oxygen atoms in total. The molecule has 0 aliphatic carbocycles. The van der Waals surface area contributed by atoms with Gasteiger partial charge in [-0.1, -0.05) is 29.8 Å². The lowest BCUT2D eigenvalue weighted by atomic mass is 10.2. The first-order chi connectivity index (χ1) is 9.61. The van der Waals surface area contributed by atoms with Crippen LogP contribution in [0.3, 0.4) is 0 Å². The Bertz CT molecular complexity index is 631. The quantitative estimate of drug-likeness (QED) is 0.858. The highest BCUT2D eigenvalue weighted by atomic mass is 35.5. The lowest BCUT2D eigenvalue weighted by Gasteiger charge is -2.10. The van der Waals surface area contributed by atoms with E-state index in [2.05, 4.69) is 0 Å². The minimum Gasteiger partial charge on any atom is -0.494 e. The summed E-state index contributed by atoms with van der Waals surface area (Å²) in [5.41, 5.74) is 7.24. The van der Waals surface area contributed by atoms with Crippen molar-refractivity contribution < 1.29 is 8.95 Å². The second kappa shape index (κ2) is 6.77. The molecule has 1 unspecified atom stereocenters. The van der Waals surface area contributed by atoms with Crippen LogP contribution in [-0.4, -0.2) is 10.8 Å². The maximum Gasteiger partial charge on any atom is 0.120 e. The van der Waals surface area contributed by atoms with Crippen LogP contribution in [0.4, 0.5) is 5.69 Å². The molecular weight excluding hydrogens is 294 g/mol. The van der Waals surface area contributed by atoms with Gasteiger partial charge in [-0.05, 0) is 36.8 Å². The molecule has 0 aliphatic rings. The van der Waals surface area contributed by atoms with Crippen LogP contribution in [0.15, 0.2) is 47.4 Å². The molecule has 106 valence electrons. The summed E-state index contributed by atoms with van der Waals surface area (Å²) in [7, 11) is -1.26. The van der Waals surface area contributed by atoms with Crippen molar-refractivity contribution in [3.05, 3.63) is 53.1 Å². The molecule has 20 heavy (non-hydrogen) atoms. The zero-order valence-electron chi connectivity index (χ0n) is 11.1. The van der Waals surface area contributed by atoms with Gasteiger partial charge in [-0.2, -0.15) is 0 Å². The lowest BCUT2D eigenvalue weighted by molar-refractivity contribution is 0.339. The predicted molar refractivity (Wildman–Crippen MR) is 83.6 cm³/mol. The van der Waals surface area contributed by atoms with Crippen LogP contribution in [0, 0.1) is 0 Å². The van der Waals surface area contributed by atoms with E-state index in [1.165, 1.54) is 0 Å². The highest BCUT2D eigenvalue weighted by molar-refractivity contribution is 7.84. The summed E-state index contributed by atoms with van der Waals surface area (Å²) in [5, 5.41) is 0.611. The number of rotatable bonds is 5. The van der Waals surface area contributed by atoms with Crippen molar-refractivity contribution in [3.63, 3.8) is 0 Å². The first kappa shape index (κ1) is 14.9.